The summed E-state index contributed by atoms with van der Waals surface area (Å²) in [5.41, 5.74) is 0. The summed E-state index contributed by atoms with van der Waals surface area (Å²) in [4.78, 5) is 18.5. The number of hydrogen-bond donors (Lipinski definition) is 1. The maximum Gasteiger partial charge on any atom is 0.234 e. The molecule has 0 spiro atoms. The van der Waals surface area contributed by atoms with Gasteiger partial charge in [-0.25, -0.2) is 4.98 Å². The summed E-state index contributed by atoms with van der Waals surface area (Å²) in [5, 5.41) is 3.08. The first-order valence-electron chi connectivity index (χ1n) is 7.26. The molecule has 1 N–H and O–H groups in total. The Morgan fingerprint density at radius 3 is 2.90 bits per heavy atom. The number of rotatable bonds is 6. The zero-order valence-corrected chi connectivity index (χ0v) is 12.5. The van der Waals surface area contributed by atoms with Crippen LogP contribution in [0.15, 0.2) is 12.4 Å². The van der Waals surface area contributed by atoms with Gasteiger partial charge in [0.05, 0.1) is 12.6 Å². The molecule has 1 amide bonds. The SMILES string of the molecule is CCN(CC)CC(=O)N[C@H]1CCO[C@@H]1c1nccn1C. The van der Waals surface area contributed by atoms with E-state index >= 15 is 0 Å². The van der Waals surface area contributed by atoms with Crippen LogP contribution in [0.25, 0.3) is 0 Å². The van der Waals surface area contributed by atoms with Crippen molar-refractivity contribution in [2.45, 2.75) is 32.4 Å². The molecule has 2 heterocycles. The normalized spacial score (nSPS) is 22.4. The van der Waals surface area contributed by atoms with Gasteiger partial charge < -0.3 is 14.6 Å². The van der Waals surface area contributed by atoms with Crippen LogP contribution in [0.4, 0.5) is 0 Å². The molecule has 20 heavy (non-hydrogen) atoms. The Kier molecular flexibility index (Phi) is 5.14. The molecular formula is C14H24N4O2. The van der Waals surface area contributed by atoms with Crippen molar-refractivity contribution in [2.75, 3.05) is 26.2 Å². The third-order valence-corrected chi connectivity index (χ3v) is 3.81. The lowest BCUT2D eigenvalue weighted by Crippen LogP contribution is -2.43. The number of imidazole rings is 1. The number of likely N-dealkylation sites (N-methyl/N-ethyl adjacent to an activating group) is 1. The molecule has 0 aromatic carbocycles. The van der Waals surface area contributed by atoms with E-state index in [1.54, 1.807) is 6.20 Å². The van der Waals surface area contributed by atoms with E-state index < -0.39 is 0 Å². The maximum atomic E-state index is 12.1. The molecule has 112 valence electrons. The predicted octanol–water partition coefficient (Wildman–Crippen LogP) is 0.708. The molecule has 1 aromatic rings. The summed E-state index contributed by atoms with van der Waals surface area (Å²) < 4.78 is 7.68. The zero-order valence-electron chi connectivity index (χ0n) is 12.5. The van der Waals surface area contributed by atoms with Gasteiger partial charge in [-0.05, 0) is 19.5 Å². The molecule has 1 fully saturated rings. The highest BCUT2D eigenvalue weighted by Crippen LogP contribution is 2.27. The average molecular weight is 280 g/mol. The summed E-state index contributed by atoms with van der Waals surface area (Å²) >= 11 is 0. The second-order valence-corrected chi connectivity index (χ2v) is 5.11. The molecule has 0 unspecified atom stereocenters. The van der Waals surface area contributed by atoms with E-state index in [2.05, 4.69) is 29.0 Å². The summed E-state index contributed by atoms with van der Waals surface area (Å²) in [6.45, 7) is 6.99. The van der Waals surface area contributed by atoms with Gasteiger partial charge >= 0.3 is 0 Å². The largest absolute Gasteiger partial charge is 0.368 e. The van der Waals surface area contributed by atoms with Crippen molar-refractivity contribution >= 4 is 5.91 Å². The molecule has 2 atom stereocenters. The molecule has 1 aliphatic heterocycles. The molecule has 0 bridgehead atoms. The number of carbonyl (C=O) groups excluding carboxylic acids is 1. The summed E-state index contributed by atoms with van der Waals surface area (Å²) in [7, 11) is 1.94. The molecule has 1 saturated heterocycles. The second kappa shape index (κ2) is 6.85. The van der Waals surface area contributed by atoms with Crippen molar-refractivity contribution in [1.82, 2.24) is 19.8 Å². The van der Waals surface area contributed by atoms with E-state index in [0.717, 1.165) is 25.3 Å². The molecule has 6 nitrogen and oxygen atoms in total. The van der Waals surface area contributed by atoms with E-state index in [9.17, 15) is 4.79 Å². The predicted molar refractivity (Wildman–Crippen MR) is 76.2 cm³/mol. The monoisotopic (exact) mass is 280 g/mol. The first kappa shape index (κ1) is 15.0. The van der Waals surface area contributed by atoms with Gasteiger partial charge in [-0.3, -0.25) is 9.69 Å². The maximum absolute atomic E-state index is 12.1. The average Bonchev–Trinajstić information content (AvgIpc) is 3.04. The Labute approximate surface area is 120 Å². The standard InChI is InChI=1S/C14H24N4O2/c1-4-18(5-2)10-12(19)16-11-6-9-20-13(11)14-15-7-8-17(14)3/h7-8,11,13H,4-6,9-10H2,1-3H3,(H,16,19)/t11-,13-/m0/s1. The topological polar surface area (TPSA) is 59.4 Å². The Balaban J connectivity index is 1.95. The number of aryl methyl sites for hydroxylation is 1. The van der Waals surface area contributed by atoms with Crippen LogP contribution in [0.2, 0.25) is 0 Å². The molecule has 1 aromatic heterocycles. The van der Waals surface area contributed by atoms with Crippen LogP contribution in [0.3, 0.4) is 0 Å². The number of nitrogens with zero attached hydrogens (tertiary/aromatic N) is 3. The second-order valence-electron chi connectivity index (χ2n) is 5.11. The van der Waals surface area contributed by atoms with Crippen LogP contribution in [-0.2, 0) is 16.6 Å². The van der Waals surface area contributed by atoms with E-state index in [0.29, 0.717) is 13.2 Å². The molecule has 6 heteroatoms. The van der Waals surface area contributed by atoms with E-state index in [-0.39, 0.29) is 18.1 Å². The van der Waals surface area contributed by atoms with Gasteiger partial charge in [0, 0.05) is 26.0 Å². The Morgan fingerprint density at radius 2 is 2.30 bits per heavy atom. The third-order valence-electron chi connectivity index (χ3n) is 3.81. The summed E-state index contributed by atoms with van der Waals surface area (Å²) in [5.74, 6) is 0.930. The van der Waals surface area contributed by atoms with E-state index in [1.165, 1.54) is 0 Å². The minimum absolute atomic E-state index is 0.0131. The highest BCUT2D eigenvalue weighted by Gasteiger charge is 2.33. The van der Waals surface area contributed by atoms with Crippen LogP contribution < -0.4 is 5.32 Å². The van der Waals surface area contributed by atoms with Crippen molar-refractivity contribution in [3.63, 3.8) is 0 Å². The van der Waals surface area contributed by atoms with Crippen LogP contribution in [0, 0.1) is 0 Å². The van der Waals surface area contributed by atoms with Gasteiger partial charge in [-0.2, -0.15) is 0 Å². The van der Waals surface area contributed by atoms with Gasteiger partial charge in [0.1, 0.15) is 11.9 Å². The Morgan fingerprint density at radius 1 is 1.55 bits per heavy atom. The number of hydrogen-bond acceptors (Lipinski definition) is 4. The fraction of sp³-hybridized carbons (Fsp3) is 0.714. The zero-order chi connectivity index (χ0) is 14.5. The minimum atomic E-state index is -0.143. The first-order valence-corrected chi connectivity index (χ1v) is 7.26. The Bertz CT molecular complexity index is 442. The minimum Gasteiger partial charge on any atom is -0.368 e. The first-order chi connectivity index (χ1) is 9.65. The van der Waals surface area contributed by atoms with Gasteiger partial charge in [0.2, 0.25) is 5.91 Å². The van der Waals surface area contributed by atoms with Gasteiger partial charge in [-0.15, -0.1) is 0 Å². The van der Waals surface area contributed by atoms with Crippen LogP contribution in [-0.4, -0.2) is 52.6 Å². The number of aromatic nitrogens is 2. The fourth-order valence-corrected chi connectivity index (χ4v) is 2.55. The lowest BCUT2D eigenvalue weighted by Gasteiger charge is -2.22. The van der Waals surface area contributed by atoms with E-state index in [1.807, 2.05) is 17.8 Å². The highest BCUT2D eigenvalue weighted by molar-refractivity contribution is 5.78. The number of amides is 1. The van der Waals surface area contributed by atoms with E-state index in [4.69, 9.17) is 4.74 Å². The number of carbonyl (C=O) groups is 1. The van der Waals surface area contributed by atoms with Crippen molar-refractivity contribution in [3.05, 3.63) is 18.2 Å². The fourth-order valence-electron chi connectivity index (χ4n) is 2.55. The van der Waals surface area contributed by atoms with Crippen molar-refractivity contribution in [1.29, 1.82) is 0 Å². The molecule has 0 saturated carbocycles. The van der Waals surface area contributed by atoms with Crippen molar-refractivity contribution in [2.24, 2.45) is 7.05 Å². The number of ether oxygens (including phenoxy) is 1. The molecule has 0 radical (unpaired) electrons. The van der Waals surface area contributed by atoms with Gasteiger partial charge in [0.15, 0.2) is 0 Å². The smallest absolute Gasteiger partial charge is 0.234 e. The number of nitrogens with one attached hydrogen (secondary N) is 1. The summed E-state index contributed by atoms with van der Waals surface area (Å²) in [6.07, 6.45) is 4.34. The highest BCUT2D eigenvalue weighted by atomic mass is 16.5. The van der Waals surface area contributed by atoms with Crippen LogP contribution in [0.1, 0.15) is 32.2 Å². The molecule has 2 rings (SSSR count). The van der Waals surface area contributed by atoms with Crippen LogP contribution in [0.5, 0.6) is 0 Å². The van der Waals surface area contributed by atoms with Gasteiger partial charge in [0.25, 0.3) is 0 Å². The molecule has 0 aliphatic carbocycles. The Hall–Kier alpha value is -1.40. The van der Waals surface area contributed by atoms with Crippen LogP contribution >= 0.6 is 0 Å². The molecule has 1 aliphatic rings. The quantitative estimate of drug-likeness (QED) is 0.833. The molecular weight excluding hydrogens is 256 g/mol. The third kappa shape index (κ3) is 3.37. The summed E-state index contributed by atoms with van der Waals surface area (Å²) in [6, 6.07) is 0.0131. The van der Waals surface area contributed by atoms with Crippen molar-refractivity contribution in [3.8, 4) is 0 Å². The lowest BCUT2D eigenvalue weighted by atomic mass is 10.1. The van der Waals surface area contributed by atoms with Crippen molar-refractivity contribution < 1.29 is 9.53 Å². The lowest BCUT2D eigenvalue weighted by molar-refractivity contribution is -0.123. The van der Waals surface area contributed by atoms with Gasteiger partial charge in [-0.1, -0.05) is 13.8 Å².